The van der Waals surface area contributed by atoms with Gasteiger partial charge in [-0.1, -0.05) is 6.07 Å². The van der Waals surface area contributed by atoms with Gasteiger partial charge in [0.05, 0.1) is 14.2 Å². The Hall–Kier alpha value is -1.71. The zero-order valence-corrected chi connectivity index (χ0v) is 12.0. The van der Waals surface area contributed by atoms with Crippen molar-refractivity contribution < 1.29 is 14.3 Å². The van der Waals surface area contributed by atoms with E-state index in [1.165, 1.54) is 6.42 Å². The number of rotatable bonds is 5. The number of carbonyl (C=O) groups excluding carboxylic acids is 1. The Balaban J connectivity index is 1.56. The Morgan fingerprint density at radius 2 is 1.85 bits per heavy atom. The van der Waals surface area contributed by atoms with Gasteiger partial charge in [0, 0.05) is 12.5 Å². The first-order valence-electron chi connectivity index (χ1n) is 7.20. The summed E-state index contributed by atoms with van der Waals surface area (Å²) in [6, 6.07) is 5.73. The smallest absolute Gasteiger partial charge is 0.223 e. The second-order valence-electron chi connectivity index (χ2n) is 5.83. The van der Waals surface area contributed by atoms with Gasteiger partial charge in [-0.25, -0.2) is 0 Å². The second kappa shape index (κ2) is 5.35. The molecule has 1 amide bonds. The number of ether oxygens (including phenoxy) is 2. The number of hydrogen-bond acceptors (Lipinski definition) is 3. The lowest BCUT2D eigenvalue weighted by Gasteiger charge is -2.13. The molecule has 1 N–H and O–H groups in total. The van der Waals surface area contributed by atoms with E-state index >= 15 is 0 Å². The van der Waals surface area contributed by atoms with Crippen LogP contribution in [0.15, 0.2) is 18.2 Å². The van der Waals surface area contributed by atoms with Crippen LogP contribution in [-0.2, 0) is 11.3 Å². The highest BCUT2D eigenvalue weighted by Gasteiger charge is 2.47. The predicted octanol–water partition coefficient (Wildman–Crippen LogP) is 2.37. The zero-order valence-electron chi connectivity index (χ0n) is 12.0. The maximum atomic E-state index is 12.1. The van der Waals surface area contributed by atoms with E-state index in [1.54, 1.807) is 14.2 Å². The van der Waals surface area contributed by atoms with Gasteiger partial charge in [-0.15, -0.1) is 0 Å². The zero-order chi connectivity index (χ0) is 14.1. The average molecular weight is 275 g/mol. The van der Waals surface area contributed by atoms with Crippen molar-refractivity contribution in [3.05, 3.63) is 23.8 Å². The van der Waals surface area contributed by atoms with Crippen molar-refractivity contribution in [3.8, 4) is 11.5 Å². The minimum atomic E-state index is 0.201. The highest BCUT2D eigenvalue weighted by Crippen LogP contribution is 2.54. The van der Waals surface area contributed by atoms with Crippen LogP contribution < -0.4 is 14.8 Å². The summed E-state index contributed by atoms with van der Waals surface area (Å²) in [5, 5.41) is 3.04. The third-order valence-corrected chi connectivity index (χ3v) is 4.53. The predicted molar refractivity (Wildman–Crippen MR) is 75.7 cm³/mol. The largest absolute Gasteiger partial charge is 0.493 e. The number of hydrogen-bond donors (Lipinski definition) is 1. The highest BCUT2D eigenvalue weighted by atomic mass is 16.5. The quantitative estimate of drug-likeness (QED) is 0.897. The molecule has 2 saturated carbocycles. The third-order valence-electron chi connectivity index (χ3n) is 4.53. The molecule has 0 radical (unpaired) electrons. The van der Waals surface area contributed by atoms with Crippen molar-refractivity contribution in [3.63, 3.8) is 0 Å². The topological polar surface area (TPSA) is 47.6 Å². The number of carbonyl (C=O) groups is 1. The van der Waals surface area contributed by atoms with Gasteiger partial charge in [0.15, 0.2) is 11.5 Å². The van der Waals surface area contributed by atoms with Crippen LogP contribution in [0.5, 0.6) is 11.5 Å². The van der Waals surface area contributed by atoms with Crippen molar-refractivity contribution in [2.75, 3.05) is 14.2 Å². The molecule has 2 aliphatic rings. The molecule has 1 aromatic rings. The summed E-state index contributed by atoms with van der Waals surface area (Å²) in [5.74, 6) is 3.52. The Labute approximate surface area is 119 Å². The number of amides is 1. The molecule has 2 atom stereocenters. The second-order valence-corrected chi connectivity index (χ2v) is 5.83. The Kier molecular flexibility index (Phi) is 3.55. The molecule has 108 valence electrons. The molecule has 1 aromatic carbocycles. The molecular formula is C16H21NO3. The maximum Gasteiger partial charge on any atom is 0.223 e. The summed E-state index contributed by atoms with van der Waals surface area (Å²) in [6.45, 7) is 0.547. The van der Waals surface area contributed by atoms with Crippen molar-refractivity contribution in [1.82, 2.24) is 5.32 Å². The Bertz CT molecular complexity index is 504. The highest BCUT2D eigenvalue weighted by molar-refractivity contribution is 5.79. The van der Waals surface area contributed by atoms with Crippen molar-refractivity contribution in [1.29, 1.82) is 0 Å². The standard InChI is InChI=1S/C16H21NO3/c1-19-14-4-3-10(5-15(14)20-2)9-17-16(18)13-7-11-6-12(11)8-13/h3-5,11-13H,6-9H2,1-2H3,(H,17,18). The Morgan fingerprint density at radius 3 is 2.50 bits per heavy atom. The van der Waals surface area contributed by atoms with E-state index in [0.717, 1.165) is 30.2 Å². The molecule has 20 heavy (non-hydrogen) atoms. The van der Waals surface area contributed by atoms with Gasteiger partial charge >= 0.3 is 0 Å². The lowest BCUT2D eigenvalue weighted by molar-refractivity contribution is -0.125. The van der Waals surface area contributed by atoms with Gasteiger partial charge in [0.1, 0.15) is 0 Å². The molecule has 4 heteroatoms. The summed E-state index contributed by atoms with van der Waals surface area (Å²) in [4.78, 5) is 12.1. The van der Waals surface area contributed by atoms with Gasteiger partial charge < -0.3 is 14.8 Å². The molecule has 3 rings (SSSR count). The van der Waals surface area contributed by atoms with Gasteiger partial charge in [-0.2, -0.15) is 0 Å². The molecule has 2 aliphatic carbocycles. The monoisotopic (exact) mass is 275 g/mol. The average Bonchev–Trinajstić information content (AvgIpc) is 3.10. The van der Waals surface area contributed by atoms with E-state index in [9.17, 15) is 4.79 Å². The fraction of sp³-hybridized carbons (Fsp3) is 0.562. The normalized spacial score (nSPS) is 26.8. The summed E-state index contributed by atoms with van der Waals surface area (Å²) in [5.41, 5.74) is 1.03. The first-order chi connectivity index (χ1) is 9.71. The van der Waals surface area contributed by atoms with Crippen LogP contribution in [0.25, 0.3) is 0 Å². The summed E-state index contributed by atoms with van der Waals surface area (Å²) < 4.78 is 10.5. The minimum absolute atomic E-state index is 0.201. The lowest BCUT2D eigenvalue weighted by atomic mass is 10.0. The lowest BCUT2D eigenvalue weighted by Crippen LogP contribution is -2.29. The van der Waals surface area contributed by atoms with E-state index < -0.39 is 0 Å². The molecule has 0 heterocycles. The van der Waals surface area contributed by atoms with Crippen molar-refractivity contribution >= 4 is 5.91 Å². The molecule has 4 nitrogen and oxygen atoms in total. The fourth-order valence-electron chi connectivity index (χ4n) is 3.25. The van der Waals surface area contributed by atoms with Crippen molar-refractivity contribution in [2.24, 2.45) is 17.8 Å². The molecule has 2 fully saturated rings. The summed E-state index contributed by atoms with van der Waals surface area (Å²) in [6.07, 6.45) is 3.52. The number of methoxy groups -OCH3 is 2. The number of fused-ring (bicyclic) bond motifs is 1. The van der Waals surface area contributed by atoms with E-state index in [0.29, 0.717) is 18.0 Å². The molecular weight excluding hydrogens is 254 g/mol. The van der Waals surface area contributed by atoms with Crippen molar-refractivity contribution in [2.45, 2.75) is 25.8 Å². The van der Waals surface area contributed by atoms with E-state index in [2.05, 4.69) is 5.32 Å². The van der Waals surface area contributed by atoms with E-state index in [1.807, 2.05) is 18.2 Å². The van der Waals surface area contributed by atoms with Crippen LogP contribution in [0.1, 0.15) is 24.8 Å². The van der Waals surface area contributed by atoms with Crippen LogP contribution in [0, 0.1) is 17.8 Å². The van der Waals surface area contributed by atoms with Crippen LogP contribution >= 0.6 is 0 Å². The molecule has 0 spiro atoms. The van der Waals surface area contributed by atoms with Gasteiger partial charge in [0.2, 0.25) is 5.91 Å². The minimum Gasteiger partial charge on any atom is -0.493 e. The molecule has 0 bridgehead atoms. The van der Waals surface area contributed by atoms with Crippen LogP contribution in [0.4, 0.5) is 0 Å². The van der Waals surface area contributed by atoms with Crippen LogP contribution in [0.2, 0.25) is 0 Å². The maximum absolute atomic E-state index is 12.1. The molecule has 0 aromatic heterocycles. The summed E-state index contributed by atoms with van der Waals surface area (Å²) in [7, 11) is 3.23. The first-order valence-corrected chi connectivity index (χ1v) is 7.20. The van der Waals surface area contributed by atoms with Crippen LogP contribution in [-0.4, -0.2) is 20.1 Å². The number of benzene rings is 1. The number of nitrogens with one attached hydrogen (secondary N) is 1. The SMILES string of the molecule is COc1ccc(CNC(=O)C2CC3CC3C2)cc1OC. The Morgan fingerprint density at radius 1 is 1.15 bits per heavy atom. The first kappa shape index (κ1) is 13.3. The molecule has 0 saturated heterocycles. The van der Waals surface area contributed by atoms with Gasteiger partial charge in [0.25, 0.3) is 0 Å². The van der Waals surface area contributed by atoms with E-state index in [4.69, 9.17) is 9.47 Å². The summed E-state index contributed by atoms with van der Waals surface area (Å²) >= 11 is 0. The fourth-order valence-corrected chi connectivity index (χ4v) is 3.25. The van der Waals surface area contributed by atoms with Gasteiger partial charge in [-0.05, 0) is 48.8 Å². The van der Waals surface area contributed by atoms with E-state index in [-0.39, 0.29) is 11.8 Å². The molecule has 0 aliphatic heterocycles. The van der Waals surface area contributed by atoms with Crippen LogP contribution in [0.3, 0.4) is 0 Å². The molecule has 2 unspecified atom stereocenters. The third kappa shape index (κ3) is 2.60. The van der Waals surface area contributed by atoms with Gasteiger partial charge in [-0.3, -0.25) is 4.79 Å².